The molecule has 2 aliphatic rings. The van der Waals surface area contributed by atoms with Crippen LogP contribution in [0.3, 0.4) is 0 Å². The molecular formula is C28H26BrF9N2O4. The van der Waals surface area contributed by atoms with Crippen molar-refractivity contribution in [2.75, 3.05) is 12.0 Å². The fourth-order valence-electron chi connectivity index (χ4n) is 5.31. The number of amides is 2. The van der Waals surface area contributed by atoms with Gasteiger partial charge in [0, 0.05) is 22.6 Å². The Hall–Kier alpha value is -3.17. The van der Waals surface area contributed by atoms with Gasteiger partial charge in [-0.05, 0) is 90.9 Å². The normalized spacial score (nSPS) is 19.1. The number of alkyl halides is 9. The molecule has 2 aromatic rings. The Morgan fingerprint density at radius 3 is 1.89 bits per heavy atom. The third kappa shape index (κ3) is 7.20. The molecule has 0 spiro atoms. The maximum absolute atomic E-state index is 13.9. The zero-order chi connectivity index (χ0) is 32.9. The minimum Gasteiger partial charge on any atom is -0.453 e. The van der Waals surface area contributed by atoms with E-state index in [1.165, 1.54) is 4.90 Å². The first-order chi connectivity index (χ1) is 20.2. The number of halogens is 10. The van der Waals surface area contributed by atoms with Crippen molar-refractivity contribution in [2.45, 2.75) is 76.4 Å². The van der Waals surface area contributed by atoms with Crippen molar-refractivity contribution in [1.29, 1.82) is 0 Å². The SMILES string of the molecule is COC(=O)N(Cc1cc(C(F)(F)F)cc(C(F)(F)F)c1)[C@H]1C[C@@H](C2CC2)N(C(=O)OC(C)C)c2c(Br)cc(C(F)(F)F)cc21. The second-order valence-electron chi connectivity index (χ2n) is 10.9. The molecule has 0 saturated heterocycles. The van der Waals surface area contributed by atoms with Crippen molar-refractivity contribution in [1.82, 2.24) is 4.90 Å². The molecule has 1 fully saturated rings. The highest BCUT2D eigenvalue weighted by Gasteiger charge is 2.49. The second kappa shape index (κ2) is 12.0. The van der Waals surface area contributed by atoms with Gasteiger partial charge in [-0.2, -0.15) is 39.5 Å². The van der Waals surface area contributed by atoms with Crippen LogP contribution in [0.25, 0.3) is 0 Å². The van der Waals surface area contributed by atoms with Gasteiger partial charge in [0.25, 0.3) is 0 Å². The molecule has 16 heteroatoms. The minimum atomic E-state index is -5.18. The fraction of sp³-hybridized carbons (Fsp3) is 0.500. The van der Waals surface area contributed by atoms with Crippen LogP contribution in [0.5, 0.6) is 0 Å². The molecule has 2 amide bonds. The summed E-state index contributed by atoms with van der Waals surface area (Å²) in [5, 5.41) is 0. The number of benzene rings is 2. The van der Waals surface area contributed by atoms with Gasteiger partial charge in [-0.15, -0.1) is 0 Å². The van der Waals surface area contributed by atoms with Gasteiger partial charge in [0.2, 0.25) is 0 Å². The van der Waals surface area contributed by atoms with Gasteiger partial charge in [0.15, 0.2) is 0 Å². The van der Waals surface area contributed by atoms with Crippen molar-refractivity contribution in [3.63, 3.8) is 0 Å². The van der Waals surface area contributed by atoms with Gasteiger partial charge in [-0.3, -0.25) is 9.80 Å². The standard InChI is InChI=1S/C28H26BrF9N2O4/c1-13(2)44-25(42)40-21(15-4-5-15)11-22(19-9-18(28(36,37)38)10-20(29)23(19)40)39(24(41)43-3)12-14-6-16(26(30,31)32)8-17(7-14)27(33,34)35/h6-10,13,15,21-22H,4-5,11-12H2,1-3H3/t21-,22-/m0/s1. The summed E-state index contributed by atoms with van der Waals surface area (Å²) in [5.74, 6) is -0.163. The maximum Gasteiger partial charge on any atom is 0.416 e. The number of nitrogens with zero attached hydrogens (tertiary/aromatic N) is 2. The van der Waals surface area contributed by atoms with Crippen molar-refractivity contribution >= 4 is 33.8 Å². The molecule has 0 unspecified atom stereocenters. The number of carbonyl (C=O) groups is 2. The average Bonchev–Trinajstić information content (AvgIpc) is 3.74. The molecule has 1 aliphatic carbocycles. The Morgan fingerprint density at radius 1 is 0.909 bits per heavy atom. The van der Waals surface area contributed by atoms with E-state index in [2.05, 4.69) is 15.9 Å². The molecule has 1 saturated carbocycles. The molecule has 1 aliphatic heterocycles. The third-order valence-corrected chi connectivity index (χ3v) is 7.91. The lowest BCUT2D eigenvalue weighted by Gasteiger charge is -2.44. The first kappa shape index (κ1) is 33.7. The Kier molecular flexibility index (Phi) is 9.17. The average molecular weight is 705 g/mol. The number of anilines is 1. The maximum atomic E-state index is 13.9. The molecule has 44 heavy (non-hydrogen) atoms. The van der Waals surface area contributed by atoms with Gasteiger partial charge in [-0.1, -0.05) is 0 Å². The minimum absolute atomic E-state index is 0.0641. The van der Waals surface area contributed by atoms with Crippen LogP contribution in [0.4, 0.5) is 54.8 Å². The molecule has 1 heterocycles. The van der Waals surface area contributed by atoms with Crippen LogP contribution < -0.4 is 4.90 Å². The van der Waals surface area contributed by atoms with Crippen LogP contribution in [-0.2, 0) is 34.5 Å². The zero-order valence-electron chi connectivity index (χ0n) is 23.3. The van der Waals surface area contributed by atoms with E-state index in [9.17, 15) is 49.1 Å². The summed E-state index contributed by atoms with van der Waals surface area (Å²) >= 11 is 3.12. The van der Waals surface area contributed by atoms with Crippen LogP contribution in [0, 0.1) is 5.92 Å². The Labute approximate surface area is 254 Å². The Bertz CT molecular complexity index is 1390. The van der Waals surface area contributed by atoms with Gasteiger partial charge in [0.05, 0.1) is 41.6 Å². The number of methoxy groups -OCH3 is 1. The molecule has 2 aromatic carbocycles. The van der Waals surface area contributed by atoms with Gasteiger partial charge < -0.3 is 9.47 Å². The third-order valence-electron chi connectivity index (χ3n) is 7.30. The van der Waals surface area contributed by atoms with Crippen LogP contribution in [0.1, 0.15) is 67.0 Å². The molecule has 242 valence electrons. The number of ether oxygens (including phenoxy) is 2. The second-order valence-corrected chi connectivity index (χ2v) is 11.7. The van der Waals surface area contributed by atoms with Crippen molar-refractivity contribution in [2.24, 2.45) is 5.92 Å². The first-order valence-electron chi connectivity index (χ1n) is 13.3. The summed E-state index contributed by atoms with van der Waals surface area (Å²) in [6.45, 7) is 2.26. The van der Waals surface area contributed by atoms with E-state index in [-0.39, 0.29) is 34.1 Å². The zero-order valence-corrected chi connectivity index (χ0v) is 24.9. The largest absolute Gasteiger partial charge is 0.453 e. The highest BCUT2D eigenvalue weighted by atomic mass is 79.9. The van der Waals surface area contributed by atoms with E-state index in [1.807, 2.05) is 0 Å². The highest BCUT2D eigenvalue weighted by Crippen LogP contribution is 2.52. The summed E-state index contributed by atoms with van der Waals surface area (Å²) in [6.07, 6.45) is -16.9. The molecule has 2 atom stereocenters. The highest BCUT2D eigenvalue weighted by molar-refractivity contribution is 9.10. The number of hydrogen-bond acceptors (Lipinski definition) is 4. The van der Waals surface area contributed by atoms with Gasteiger partial charge >= 0.3 is 30.7 Å². The summed E-state index contributed by atoms with van der Waals surface area (Å²) < 4.78 is 133. The van der Waals surface area contributed by atoms with Crippen LogP contribution in [-0.4, -0.2) is 36.3 Å². The van der Waals surface area contributed by atoms with E-state index >= 15 is 0 Å². The van der Waals surface area contributed by atoms with Gasteiger partial charge in [0.1, 0.15) is 0 Å². The Morgan fingerprint density at radius 2 is 1.43 bits per heavy atom. The Balaban J connectivity index is 1.93. The lowest BCUT2D eigenvalue weighted by atomic mass is 9.86. The predicted octanol–water partition coefficient (Wildman–Crippen LogP) is 9.35. The molecule has 4 rings (SSSR count). The topological polar surface area (TPSA) is 59.1 Å². The quantitative estimate of drug-likeness (QED) is 0.291. The van der Waals surface area contributed by atoms with Crippen LogP contribution in [0.15, 0.2) is 34.8 Å². The molecule has 0 aromatic heterocycles. The fourth-order valence-corrected chi connectivity index (χ4v) is 5.98. The predicted molar refractivity (Wildman–Crippen MR) is 142 cm³/mol. The number of rotatable bonds is 5. The molecule has 0 N–H and O–H groups in total. The van der Waals surface area contributed by atoms with Crippen molar-refractivity contribution in [3.05, 3.63) is 62.6 Å². The summed E-state index contributed by atoms with van der Waals surface area (Å²) in [7, 11) is 0.916. The smallest absolute Gasteiger partial charge is 0.416 e. The van der Waals surface area contributed by atoms with Crippen LogP contribution >= 0.6 is 15.9 Å². The number of fused-ring (bicyclic) bond motifs is 1. The van der Waals surface area contributed by atoms with E-state index in [0.29, 0.717) is 31.0 Å². The molecule has 6 nitrogen and oxygen atoms in total. The summed E-state index contributed by atoms with van der Waals surface area (Å²) in [5.41, 5.74) is -5.30. The lowest BCUT2D eigenvalue weighted by molar-refractivity contribution is -0.143. The van der Waals surface area contributed by atoms with Crippen molar-refractivity contribution < 1.29 is 58.6 Å². The van der Waals surface area contributed by atoms with E-state index in [4.69, 9.17) is 9.47 Å². The molecular weight excluding hydrogens is 679 g/mol. The number of carbonyl (C=O) groups excluding carboxylic acids is 2. The van der Waals surface area contributed by atoms with Gasteiger partial charge in [-0.25, -0.2) is 9.59 Å². The molecule has 0 bridgehead atoms. The molecule has 0 radical (unpaired) electrons. The van der Waals surface area contributed by atoms with E-state index in [0.717, 1.165) is 18.1 Å². The van der Waals surface area contributed by atoms with E-state index < -0.39 is 77.7 Å². The van der Waals surface area contributed by atoms with Crippen molar-refractivity contribution in [3.8, 4) is 0 Å². The first-order valence-corrected chi connectivity index (χ1v) is 14.0. The summed E-state index contributed by atoms with van der Waals surface area (Å²) in [4.78, 5) is 28.4. The lowest BCUT2D eigenvalue weighted by Crippen LogP contribution is -2.50. The summed E-state index contributed by atoms with van der Waals surface area (Å²) in [6, 6.07) is 0.150. The monoisotopic (exact) mass is 704 g/mol. The number of hydrogen-bond donors (Lipinski definition) is 0. The van der Waals surface area contributed by atoms with E-state index in [1.54, 1.807) is 13.8 Å². The van der Waals surface area contributed by atoms with Crippen LogP contribution in [0.2, 0.25) is 0 Å².